The molecule has 8 heteroatoms. The number of alkyl halides is 1. The van der Waals surface area contributed by atoms with Crippen LogP contribution in [0, 0.1) is 18.2 Å². The number of amides is 2. The normalized spacial score (nSPS) is 14.2. The Morgan fingerprint density at radius 3 is 2.19 bits per heavy atom. The Kier molecular flexibility index (Phi) is 7.41. The zero-order chi connectivity index (χ0) is 26.0. The summed E-state index contributed by atoms with van der Waals surface area (Å²) in [5, 5.41) is 0. The Labute approximate surface area is 216 Å². The monoisotopic (exact) mass is 511 g/mol. The molecular formula is C28H31ClFN3O3. The molecule has 6 nitrogen and oxygen atoms in total. The molecule has 2 aromatic carbocycles. The van der Waals surface area contributed by atoms with Gasteiger partial charge in [-0.15, -0.1) is 11.6 Å². The van der Waals surface area contributed by atoms with E-state index >= 15 is 0 Å². The molecule has 1 saturated heterocycles. The Balaban J connectivity index is 1.67. The second-order valence-electron chi connectivity index (χ2n) is 9.65. The lowest BCUT2D eigenvalue weighted by atomic mass is 9.94. The van der Waals surface area contributed by atoms with Gasteiger partial charge in [-0.3, -0.25) is 9.59 Å². The van der Waals surface area contributed by atoms with Crippen LogP contribution >= 0.6 is 11.6 Å². The van der Waals surface area contributed by atoms with Crippen molar-refractivity contribution in [3.63, 3.8) is 0 Å². The van der Waals surface area contributed by atoms with Gasteiger partial charge in [0.25, 0.3) is 5.91 Å². The average Bonchev–Trinajstić information content (AvgIpc) is 3.24. The summed E-state index contributed by atoms with van der Waals surface area (Å²) >= 11 is 5.98. The van der Waals surface area contributed by atoms with Crippen LogP contribution in [0.4, 0.5) is 4.39 Å². The molecule has 1 aliphatic rings. The van der Waals surface area contributed by atoms with Crippen LogP contribution in [0.2, 0.25) is 0 Å². The van der Waals surface area contributed by atoms with E-state index in [4.69, 9.17) is 16.3 Å². The minimum Gasteiger partial charge on any atom is -0.497 e. The summed E-state index contributed by atoms with van der Waals surface area (Å²) in [5.74, 6) is 0.427. The number of aromatic nitrogens is 1. The fraction of sp³-hybridized carbons (Fsp3) is 0.357. The fourth-order valence-electron chi connectivity index (χ4n) is 4.51. The number of benzene rings is 2. The number of halogens is 2. The first-order valence-electron chi connectivity index (χ1n) is 11.9. The highest BCUT2D eigenvalue weighted by Crippen LogP contribution is 2.32. The zero-order valence-electron chi connectivity index (χ0n) is 21.1. The van der Waals surface area contributed by atoms with Crippen LogP contribution in [0.1, 0.15) is 29.9 Å². The molecule has 0 bridgehead atoms. The molecule has 0 atom stereocenters. The molecule has 1 aromatic heterocycles. The highest BCUT2D eigenvalue weighted by atomic mass is 35.5. The highest BCUT2D eigenvalue weighted by molar-refractivity contribution is 6.19. The number of carbonyl (C=O) groups is 2. The topological polar surface area (TPSA) is 54.8 Å². The molecule has 190 valence electrons. The largest absolute Gasteiger partial charge is 0.497 e. The van der Waals surface area contributed by atoms with E-state index in [-0.39, 0.29) is 23.5 Å². The van der Waals surface area contributed by atoms with Gasteiger partial charge in [0.05, 0.1) is 29.5 Å². The van der Waals surface area contributed by atoms with Gasteiger partial charge in [0.15, 0.2) is 0 Å². The Morgan fingerprint density at radius 2 is 1.61 bits per heavy atom. The highest BCUT2D eigenvalue weighted by Gasteiger charge is 2.34. The maximum Gasteiger partial charge on any atom is 0.255 e. The van der Waals surface area contributed by atoms with Crippen LogP contribution < -0.4 is 4.74 Å². The lowest BCUT2D eigenvalue weighted by molar-refractivity contribution is -0.140. The van der Waals surface area contributed by atoms with Crippen LogP contribution in [-0.4, -0.2) is 65.4 Å². The number of para-hydroxylation sites is 1. The summed E-state index contributed by atoms with van der Waals surface area (Å²) < 4.78 is 22.0. The molecule has 2 amide bonds. The second-order valence-corrected chi connectivity index (χ2v) is 9.91. The third-order valence-electron chi connectivity index (χ3n) is 6.72. The van der Waals surface area contributed by atoms with E-state index in [9.17, 15) is 14.0 Å². The molecule has 0 N–H and O–H groups in total. The minimum atomic E-state index is -0.644. The van der Waals surface area contributed by atoms with E-state index in [0.29, 0.717) is 54.6 Å². The van der Waals surface area contributed by atoms with Crippen molar-refractivity contribution < 1.29 is 18.7 Å². The molecule has 1 aliphatic heterocycles. The minimum absolute atomic E-state index is 0.00622. The molecule has 0 aliphatic carbocycles. The number of hydrogen-bond acceptors (Lipinski definition) is 3. The van der Waals surface area contributed by atoms with Crippen LogP contribution in [0.3, 0.4) is 0 Å². The molecular weight excluding hydrogens is 481 g/mol. The van der Waals surface area contributed by atoms with Gasteiger partial charge in [-0.2, -0.15) is 0 Å². The van der Waals surface area contributed by atoms with Crippen molar-refractivity contribution in [2.24, 2.45) is 5.41 Å². The second kappa shape index (κ2) is 10.3. The average molecular weight is 512 g/mol. The molecule has 3 aromatic rings. The van der Waals surface area contributed by atoms with E-state index in [2.05, 4.69) is 0 Å². The van der Waals surface area contributed by atoms with Gasteiger partial charge < -0.3 is 19.1 Å². The van der Waals surface area contributed by atoms with Crippen molar-refractivity contribution in [2.75, 3.05) is 39.2 Å². The quantitative estimate of drug-likeness (QED) is 0.430. The van der Waals surface area contributed by atoms with E-state index < -0.39 is 5.41 Å². The Bertz CT molecular complexity index is 1260. The molecule has 36 heavy (non-hydrogen) atoms. The van der Waals surface area contributed by atoms with Gasteiger partial charge >= 0.3 is 0 Å². The fourth-order valence-corrected chi connectivity index (χ4v) is 4.62. The zero-order valence-corrected chi connectivity index (χ0v) is 21.8. The van der Waals surface area contributed by atoms with E-state index in [1.807, 2.05) is 51.1 Å². The Morgan fingerprint density at radius 1 is 1.00 bits per heavy atom. The van der Waals surface area contributed by atoms with Crippen molar-refractivity contribution >= 4 is 23.4 Å². The van der Waals surface area contributed by atoms with Crippen LogP contribution in [0.25, 0.3) is 16.9 Å². The van der Waals surface area contributed by atoms with E-state index in [1.54, 1.807) is 39.7 Å². The first kappa shape index (κ1) is 25.8. The van der Waals surface area contributed by atoms with Gasteiger partial charge in [0.1, 0.15) is 11.6 Å². The number of methoxy groups -OCH3 is 1. The molecule has 0 saturated carbocycles. The lowest BCUT2D eigenvalue weighted by Gasteiger charge is -2.38. The number of nitrogens with zero attached hydrogens (tertiary/aromatic N) is 3. The summed E-state index contributed by atoms with van der Waals surface area (Å²) in [7, 11) is 1.60. The SMILES string of the molecule is COc1ccc(-c2cc(C(=O)N3CCN(C(=O)C(C)(C)CCl)CC3)c(C)n2-c2ccccc2F)cc1. The smallest absolute Gasteiger partial charge is 0.255 e. The van der Waals surface area contributed by atoms with Gasteiger partial charge in [-0.25, -0.2) is 4.39 Å². The number of ether oxygens (including phenoxy) is 1. The number of carbonyl (C=O) groups excluding carboxylic acids is 2. The molecule has 2 heterocycles. The summed E-state index contributed by atoms with van der Waals surface area (Å²) in [6.07, 6.45) is 0. The maximum atomic E-state index is 14.9. The first-order valence-corrected chi connectivity index (χ1v) is 12.5. The van der Waals surface area contributed by atoms with E-state index in [1.165, 1.54) is 6.07 Å². The summed E-state index contributed by atoms with van der Waals surface area (Å²) in [6.45, 7) is 7.23. The molecule has 0 unspecified atom stereocenters. The summed E-state index contributed by atoms with van der Waals surface area (Å²) in [5.41, 5.74) is 2.43. The van der Waals surface area contributed by atoms with Gasteiger partial charge in [-0.1, -0.05) is 12.1 Å². The van der Waals surface area contributed by atoms with Crippen LogP contribution in [0.5, 0.6) is 5.75 Å². The molecule has 1 fully saturated rings. The van der Waals surface area contributed by atoms with Gasteiger partial charge in [0.2, 0.25) is 5.91 Å². The third kappa shape index (κ3) is 4.85. The van der Waals surface area contributed by atoms with Gasteiger partial charge in [0, 0.05) is 37.8 Å². The van der Waals surface area contributed by atoms with Crippen molar-refractivity contribution in [1.29, 1.82) is 0 Å². The summed E-state index contributed by atoms with van der Waals surface area (Å²) in [6, 6.07) is 15.8. The molecule has 0 radical (unpaired) electrons. The number of piperazine rings is 1. The standard InChI is InChI=1S/C28H31ClFN3O3/c1-19-22(26(34)31-13-15-32(16-14-31)27(35)28(2,3)18-29)17-25(20-9-11-21(36-4)12-10-20)33(19)24-8-6-5-7-23(24)30/h5-12,17H,13-16,18H2,1-4H3. The van der Waals surface area contributed by atoms with Crippen molar-refractivity contribution in [2.45, 2.75) is 20.8 Å². The third-order valence-corrected chi connectivity index (χ3v) is 7.39. The lowest BCUT2D eigenvalue weighted by Crippen LogP contribution is -2.53. The molecule has 4 rings (SSSR count). The molecule has 0 spiro atoms. The number of rotatable bonds is 6. The predicted molar refractivity (Wildman–Crippen MR) is 139 cm³/mol. The van der Waals surface area contributed by atoms with Crippen molar-refractivity contribution in [3.05, 3.63) is 71.7 Å². The predicted octanol–water partition coefficient (Wildman–Crippen LogP) is 5.15. The van der Waals surface area contributed by atoms with Crippen molar-refractivity contribution in [1.82, 2.24) is 14.4 Å². The Hall–Kier alpha value is -3.32. The van der Waals surface area contributed by atoms with Gasteiger partial charge in [-0.05, 0) is 68.8 Å². The van der Waals surface area contributed by atoms with E-state index in [0.717, 1.165) is 5.56 Å². The number of hydrogen-bond donors (Lipinski definition) is 0. The maximum absolute atomic E-state index is 14.9. The van der Waals surface area contributed by atoms with Crippen molar-refractivity contribution in [3.8, 4) is 22.7 Å². The van der Waals surface area contributed by atoms with Crippen LogP contribution in [-0.2, 0) is 4.79 Å². The van der Waals surface area contributed by atoms with Crippen LogP contribution in [0.15, 0.2) is 54.6 Å². The summed E-state index contributed by atoms with van der Waals surface area (Å²) in [4.78, 5) is 29.9. The first-order chi connectivity index (χ1) is 17.2.